The zero-order valence-corrected chi connectivity index (χ0v) is 12.8. The van der Waals surface area contributed by atoms with E-state index in [0.29, 0.717) is 18.0 Å². The van der Waals surface area contributed by atoms with Crippen molar-refractivity contribution in [2.75, 3.05) is 13.1 Å². The first-order chi connectivity index (χ1) is 9.26. The van der Waals surface area contributed by atoms with Gasteiger partial charge in [-0.25, -0.2) is 0 Å². The van der Waals surface area contributed by atoms with Gasteiger partial charge in [0.1, 0.15) is 6.54 Å². The van der Waals surface area contributed by atoms with E-state index in [9.17, 15) is 9.59 Å². The summed E-state index contributed by atoms with van der Waals surface area (Å²) in [6.45, 7) is 5.52. The fraction of sp³-hybridized carbons (Fsp3) is 0.467. The second-order valence-corrected chi connectivity index (χ2v) is 5.84. The number of carbonyl (C=O) groups is 2. The molecule has 0 fully saturated rings. The summed E-state index contributed by atoms with van der Waals surface area (Å²) in [5, 5.41) is 9.47. The molecule has 0 bridgehead atoms. The highest BCUT2D eigenvalue weighted by molar-refractivity contribution is 6.30. The van der Waals surface area contributed by atoms with Gasteiger partial charge in [0.2, 0.25) is 5.91 Å². The summed E-state index contributed by atoms with van der Waals surface area (Å²) in [4.78, 5) is 24.6. The molecule has 0 radical (unpaired) electrons. The molecule has 4 nitrogen and oxygen atoms in total. The lowest BCUT2D eigenvalue weighted by Gasteiger charge is -2.30. The van der Waals surface area contributed by atoms with Crippen molar-refractivity contribution in [3.05, 3.63) is 34.9 Å². The molecule has 1 rings (SSSR count). The lowest BCUT2D eigenvalue weighted by atomic mass is 9.84. The molecule has 1 N–H and O–H groups in total. The third-order valence-electron chi connectivity index (χ3n) is 3.11. The Morgan fingerprint density at radius 2 is 2.00 bits per heavy atom. The molecule has 110 valence electrons. The van der Waals surface area contributed by atoms with Crippen molar-refractivity contribution in [2.45, 2.75) is 27.2 Å². The van der Waals surface area contributed by atoms with Crippen LogP contribution in [0.4, 0.5) is 0 Å². The van der Waals surface area contributed by atoms with Crippen molar-refractivity contribution in [3.8, 4) is 0 Å². The minimum Gasteiger partial charge on any atom is -0.480 e. The Labute approximate surface area is 124 Å². The van der Waals surface area contributed by atoms with Crippen LogP contribution in [-0.2, 0) is 16.0 Å². The minimum absolute atomic E-state index is 0.164. The van der Waals surface area contributed by atoms with E-state index < -0.39 is 11.4 Å². The third kappa shape index (κ3) is 4.53. The summed E-state index contributed by atoms with van der Waals surface area (Å²) in [5.74, 6) is -1.17. The predicted octanol–water partition coefficient (Wildman–Crippen LogP) is 2.84. The van der Waals surface area contributed by atoms with Crippen LogP contribution in [0.25, 0.3) is 0 Å². The molecule has 5 heteroatoms. The maximum Gasteiger partial charge on any atom is 0.323 e. The van der Waals surface area contributed by atoms with Gasteiger partial charge < -0.3 is 10.0 Å². The zero-order chi connectivity index (χ0) is 15.3. The largest absolute Gasteiger partial charge is 0.480 e. The molecule has 1 amide bonds. The van der Waals surface area contributed by atoms with Gasteiger partial charge in [0, 0.05) is 17.0 Å². The molecule has 0 saturated heterocycles. The molecule has 1 aromatic carbocycles. The number of aliphatic carboxylic acids is 1. The first-order valence-corrected chi connectivity index (χ1v) is 6.89. The smallest absolute Gasteiger partial charge is 0.323 e. The van der Waals surface area contributed by atoms with Gasteiger partial charge in [0.15, 0.2) is 0 Å². The van der Waals surface area contributed by atoms with E-state index in [1.54, 1.807) is 13.0 Å². The number of carboxylic acids is 1. The average Bonchev–Trinajstić information content (AvgIpc) is 2.34. The van der Waals surface area contributed by atoms with Crippen LogP contribution in [0.5, 0.6) is 0 Å². The van der Waals surface area contributed by atoms with Crippen LogP contribution in [0.1, 0.15) is 26.3 Å². The van der Waals surface area contributed by atoms with Gasteiger partial charge in [-0.05, 0) is 31.0 Å². The van der Waals surface area contributed by atoms with E-state index in [4.69, 9.17) is 16.7 Å². The number of likely N-dealkylation sites (N-methyl/N-ethyl adjacent to an activating group) is 1. The summed E-state index contributed by atoms with van der Waals surface area (Å²) in [7, 11) is 0. The first kappa shape index (κ1) is 16.5. The summed E-state index contributed by atoms with van der Waals surface area (Å²) in [5.41, 5.74) is 0.290. The predicted molar refractivity (Wildman–Crippen MR) is 78.8 cm³/mol. The zero-order valence-electron chi connectivity index (χ0n) is 12.0. The topological polar surface area (TPSA) is 57.6 Å². The van der Waals surface area contributed by atoms with Crippen molar-refractivity contribution in [2.24, 2.45) is 5.41 Å². The van der Waals surface area contributed by atoms with E-state index in [0.717, 1.165) is 5.56 Å². The van der Waals surface area contributed by atoms with Crippen LogP contribution in [0.3, 0.4) is 0 Å². The van der Waals surface area contributed by atoms with Crippen LogP contribution in [0.15, 0.2) is 24.3 Å². The Bertz CT molecular complexity index is 500. The summed E-state index contributed by atoms with van der Waals surface area (Å²) >= 11 is 5.94. The van der Waals surface area contributed by atoms with Gasteiger partial charge in [-0.1, -0.05) is 37.6 Å². The quantitative estimate of drug-likeness (QED) is 0.878. The van der Waals surface area contributed by atoms with Crippen molar-refractivity contribution in [1.29, 1.82) is 0 Å². The summed E-state index contributed by atoms with van der Waals surface area (Å²) in [6.07, 6.45) is 0.516. The minimum atomic E-state index is -1.00. The second-order valence-electron chi connectivity index (χ2n) is 5.40. The van der Waals surface area contributed by atoms with Crippen molar-refractivity contribution in [3.63, 3.8) is 0 Å². The lowest BCUT2D eigenvalue weighted by molar-refractivity contribution is -0.148. The Hall–Kier alpha value is -1.55. The van der Waals surface area contributed by atoms with Gasteiger partial charge in [-0.15, -0.1) is 0 Å². The molecule has 0 spiro atoms. The van der Waals surface area contributed by atoms with Gasteiger partial charge in [-0.3, -0.25) is 9.59 Å². The van der Waals surface area contributed by atoms with E-state index in [1.165, 1.54) is 4.90 Å². The Balaban J connectivity index is 2.85. The standard InChI is InChI=1S/C15H20ClNO3/c1-4-17(10-13(18)19)14(20)15(2,3)9-11-6-5-7-12(16)8-11/h5-8H,4,9-10H2,1-3H3,(H,18,19). The molecular formula is C15H20ClNO3. The number of hydrogen-bond donors (Lipinski definition) is 1. The molecular weight excluding hydrogens is 278 g/mol. The highest BCUT2D eigenvalue weighted by atomic mass is 35.5. The molecule has 0 aliphatic rings. The molecule has 0 aliphatic carbocycles. The number of carboxylic acid groups (broad SMARTS) is 1. The molecule has 0 heterocycles. The number of halogens is 1. The van der Waals surface area contributed by atoms with Crippen molar-refractivity contribution in [1.82, 2.24) is 4.90 Å². The molecule has 0 aromatic heterocycles. The third-order valence-corrected chi connectivity index (χ3v) is 3.34. The highest BCUT2D eigenvalue weighted by Crippen LogP contribution is 2.26. The average molecular weight is 298 g/mol. The van der Waals surface area contributed by atoms with Crippen LogP contribution in [0, 0.1) is 5.41 Å². The molecule has 20 heavy (non-hydrogen) atoms. The van der Waals surface area contributed by atoms with Crippen molar-refractivity contribution < 1.29 is 14.7 Å². The monoisotopic (exact) mass is 297 g/mol. The van der Waals surface area contributed by atoms with Crippen molar-refractivity contribution >= 4 is 23.5 Å². The number of benzene rings is 1. The second kappa shape index (κ2) is 6.75. The lowest BCUT2D eigenvalue weighted by Crippen LogP contribution is -2.44. The van der Waals surface area contributed by atoms with Gasteiger partial charge in [0.25, 0.3) is 0 Å². The maximum atomic E-state index is 12.5. The number of hydrogen-bond acceptors (Lipinski definition) is 2. The van der Waals surface area contributed by atoms with Gasteiger partial charge in [-0.2, -0.15) is 0 Å². The van der Waals surface area contributed by atoms with E-state index in [-0.39, 0.29) is 12.5 Å². The number of nitrogens with zero attached hydrogens (tertiary/aromatic N) is 1. The Morgan fingerprint density at radius 3 is 2.50 bits per heavy atom. The first-order valence-electron chi connectivity index (χ1n) is 6.52. The Kier molecular flexibility index (Phi) is 5.57. The SMILES string of the molecule is CCN(CC(=O)O)C(=O)C(C)(C)Cc1cccc(Cl)c1. The molecule has 0 atom stereocenters. The molecule has 1 aromatic rings. The number of amides is 1. The van der Waals surface area contributed by atoms with Gasteiger partial charge >= 0.3 is 5.97 Å². The highest BCUT2D eigenvalue weighted by Gasteiger charge is 2.32. The fourth-order valence-electron chi connectivity index (χ4n) is 2.15. The van der Waals surface area contributed by atoms with Crippen LogP contribution in [-0.4, -0.2) is 35.0 Å². The number of rotatable bonds is 6. The maximum absolute atomic E-state index is 12.5. The van der Waals surface area contributed by atoms with E-state index in [1.807, 2.05) is 32.0 Å². The van der Waals surface area contributed by atoms with E-state index >= 15 is 0 Å². The van der Waals surface area contributed by atoms with Gasteiger partial charge in [0.05, 0.1) is 0 Å². The molecule has 0 unspecified atom stereocenters. The summed E-state index contributed by atoms with van der Waals surface area (Å²) in [6, 6.07) is 7.36. The Morgan fingerprint density at radius 1 is 1.35 bits per heavy atom. The number of carbonyl (C=O) groups excluding carboxylic acids is 1. The van der Waals surface area contributed by atoms with Crippen LogP contribution >= 0.6 is 11.6 Å². The van der Waals surface area contributed by atoms with Crippen LogP contribution < -0.4 is 0 Å². The molecule has 0 aliphatic heterocycles. The molecule has 0 saturated carbocycles. The fourth-order valence-corrected chi connectivity index (χ4v) is 2.36. The summed E-state index contributed by atoms with van der Waals surface area (Å²) < 4.78 is 0. The van der Waals surface area contributed by atoms with Crippen LogP contribution in [0.2, 0.25) is 5.02 Å². The van der Waals surface area contributed by atoms with E-state index in [2.05, 4.69) is 0 Å². The normalized spacial score (nSPS) is 11.2.